The van der Waals surface area contributed by atoms with Crippen LogP contribution >= 0.6 is 0 Å². The number of Topliss-reactive ketones (excluding diaryl/α,β-unsaturated/α-hetero) is 1. The Morgan fingerprint density at radius 3 is 2.35 bits per heavy atom. The Hall–Kier alpha value is -4.12. The Bertz CT molecular complexity index is 1180. The van der Waals surface area contributed by atoms with E-state index in [0.717, 1.165) is 29.9 Å². The molecule has 2 aromatic carbocycles. The molecule has 1 N–H and O–H groups in total. The van der Waals surface area contributed by atoms with E-state index < -0.39 is 0 Å². The monoisotopic (exact) mass is 457 g/mol. The number of anilines is 3. The van der Waals surface area contributed by atoms with Crippen molar-refractivity contribution in [1.29, 1.82) is 5.26 Å². The molecule has 34 heavy (non-hydrogen) atoms. The number of para-hydroxylation sites is 2. The Labute approximate surface area is 199 Å². The van der Waals surface area contributed by atoms with Gasteiger partial charge in [-0.1, -0.05) is 24.3 Å². The van der Waals surface area contributed by atoms with Gasteiger partial charge >= 0.3 is 0 Å². The lowest BCUT2D eigenvalue weighted by Crippen LogP contribution is -2.26. The summed E-state index contributed by atoms with van der Waals surface area (Å²) < 4.78 is 0. The maximum absolute atomic E-state index is 12.9. The molecule has 2 amide bonds. The first-order valence-electron chi connectivity index (χ1n) is 11.3. The lowest BCUT2D eigenvalue weighted by molar-refractivity contribution is -0.128. The van der Waals surface area contributed by atoms with E-state index in [4.69, 9.17) is 0 Å². The van der Waals surface area contributed by atoms with Gasteiger partial charge in [-0.3, -0.25) is 14.4 Å². The summed E-state index contributed by atoms with van der Waals surface area (Å²) in [6, 6.07) is 17.1. The number of hydrogen-bond donors (Lipinski definition) is 1. The Morgan fingerprint density at radius 2 is 1.74 bits per heavy atom. The molecule has 2 aliphatic heterocycles. The van der Waals surface area contributed by atoms with Crippen LogP contribution in [0.15, 0.2) is 59.9 Å². The summed E-state index contributed by atoms with van der Waals surface area (Å²) in [5.74, 6) is -0.0165. The van der Waals surface area contributed by atoms with Gasteiger partial charge in [-0.2, -0.15) is 5.26 Å². The largest absolute Gasteiger partial charge is 0.338 e. The van der Waals surface area contributed by atoms with Crippen LogP contribution in [-0.2, 0) is 20.9 Å². The number of rotatable bonds is 7. The van der Waals surface area contributed by atoms with Gasteiger partial charge in [0, 0.05) is 52.1 Å². The number of nitriles is 1. The van der Waals surface area contributed by atoms with Crippen molar-refractivity contribution in [3.8, 4) is 6.07 Å². The SMILES string of the molecule is CN1C(=C(C#N)C(=O)CCC(=O)Nc2cccc(CN3CCCC3=O)c2)N(C)c2ccccc21. The molecule has 0 aromatic heterocycles. The van der Waals surface area contributed by atoms with Crippen molar-refractivity contribution in [3.63, 3.8) is 0 Å². The minimum Gasteiger partial charge on any atom is -0.338 e. The molecule has 174 valence electrons. The van der Waals surface area contributed by atoms with Crippen LogP contribution in [0.3, 0.4) is 0 Å². The molecule has 0 atom stereocenters. The predicted octanol–water partition coefficient (Wildman–Crippen LogP) is 3.42. The number of fused-ring (bicyclic) bond motifs is 1. The van der Waals surface area contributed by atoms with Crippen molar-refractivity contribution < 1.29 is 14.4 Å². The summed E-state index contributed by atoms with van der Waals surface area (Å²) in [6.45, 7) is 1.27. The second-order valence-corrected chi connectivity index (χ2v) is 8.51. The number of nitrogens with one attached hydrogen (secondary N) is 1. The van der Waals surface area contributed by atoms with Crippen LogP contribution in [-0.4, -0.2) is 43.1 Å². The Morgan fingerprint density at radius 1 is 1.03 bits per heavy atom. The molecule has 0 aliphatic carbocycles. The second kappa shape index (κ2) is 9.79. The van der Waals surface area contributed by atoms with Crippen LogP contribution < -0.4 is 15.1 Å². The zero-order valence-electron chi connectivity index (χ0n) is 19.4. The lowest BCUT2D eigenvalue weighted by Gasteiger charge is -2.19. The van der Waals surface area contributed by atoms with E-state index in [2.05, 4.69) is 5.32 Å². The normalized spacial score (nSPS) is 14.8. The molecule has 8 nitrogen and oxygen atoms in total. The van der Waals surface area contributed by atoms with E-state index in [9.17, 15) is 19.6 Å². The summed E-state index contributed by atoms with van der Waals surface area (Å²) in [7, 11) is 3.63. The van der Waals surface area contributed by atoms with E-state index in [1.54, 1.807) is 6.07 Å². The summed E-state index contributed by atoms with van der Waals surface area (Å²) in [5.41, 5.74) is 3.41. The molecule has 0 radical (unpaired) electrons. The van der Waals surface area contributed by atoms with Crippen LogP contribution in [0.5, 0.6) is 0 Å². The van der Waals surface area contributed by atoms with E-state index in [1.165, 1.54) is 0 Å². The standard InChI is InChI=1S/C26H27N5O3/c1-29-21-9-3-4-10-22(21)30(2)26(29)20(16-27)23(32)12-13-24(33)28-19-8-5-7-18(15-19)17-31-14-6-11-25(31)34/h3-5,7-10,15H,6,11-14,17H2,1-2H3,(H,28,33). The van der Waals surface area contributed by atoms with Crippen LogP contribution in [0.1, 0.15) is 31.2 Å². The van der Waals surface area contributed by atoms with Crippen molar-refractivity contribution in [2.24, 2.45) is 0 Å². The van der Waals surface area contributed by atoms with Crippen molar-refractivity contribution >= 4 is 34.7 Å². The lowest BCUT2D eigenvalue weighted by atomic mass is 10.1. The van der Waals surface area contributed by atoms with Crippen molar-refractivity contribution in [2.45, 2.75) is 32.2 Å². The maximum atomic E-state index is 12.9. The molecule has 0 spiro atoms. The highest BCUT2D eigenvalue weighted by atomic mass is 16.2. The highest BCUT2D eigenvalue weighted by molar-refractivity contribution is 6.04. The minimum absolute atomic E-state index is 0.0336. The first kappa shape index (κ1) is 23.1. The third-order valence-corrected chi connectivity index (χ3v) is 6.19. The van der Waals surface area contributed by atoms with Gasteiger partial charge in [-0.25, -0.2) is 0 Å². The molecule has 0 saturated carbocycles. The first-order chi connectivity index (χ1) is 16.4. The number of carbonyl (C=O) groups is 3. The van der Waals surface area contributed by atoms with Crippen molar-refractivity contribution in [3.05, 3.63) is 65.5 Å². The fourth-order valence-electron chi connectivity index (χ4n) is 4.47. The topological polar surface area (TPSA) is 96.7 Å². The highest BCUT2D eigenvalue weighted by Gasteiger charge is 2.31. The van der Waals surface area contributed by atoms with Gasteiger partial charge in [0.2, 0.25) is 11.8 Å². The maximum Gasteiger partial charge on any atom is 0.224 e. The van der Waals surface area contributed by atoms with Gasteiger partial charge in [-0.05, 0) is 36.2 Å². The van der Waals surface area contributed by atoms with Crippen LogP contribution in [0, 0.1) is 11.3 Å². The van der Waals surface area contributed by atoms with E-state index in [1.807, 2.05) is 77.3 Å². The number of amides is 2. The number of hydrogen-bond acceptors (Lipinski definition) is 6. The van der Waals surface area contributed by atoms with Crippen LogP contribution in [0.2, 0.25) is 0 Å². The van der Waals surface area contributed by atoms with Gasteiger partial charge in [0.15, 0.2) is 5.78 Å². The van der Waals surface area contributed by atoms with Crippen LogP contribution in [0.4, 0.5) is 17.1 Å². The molecule has 1 fully saturated rings. The summed E-state index contributed by atoms with van der Waals surface area (Å²) in [5, 5.41) is 12.5. The number of likely N-dealkylation sites (tertiary alicyclic amines) is 1. The van der Waals surface area contributed by atoms with E-state index in [0.29, 0.717) is 24.5 Å². The van der Waals surface area contributed by atoms with Gasteiger partial charge in [0.1, 0.15) is 17.5 Å². The molecule has 0 unspecified atom stereocenters. The number of nitrogens with zero attached hydrogens (tertiary/aromatic N) is 4. The number of carbonyl (C=O) groups excluding carboxylic acids is 3. The quantitative estimate of drug-likeness (QED) is 0.506. The number of ketones is 1. The van der Waals surface area contributed by atoms with Crippen LogP contribution in [0.25, 0.3) is 0 Å². The van der Waals surface area contributed by atoms with Crippen molar-refractivity contribution in [2.75, 3.05) is 35.8 Å². The molecule has 2 aromatic rings. The highest BCUT2D eigenvalue weighted by Crippen LogP contribution is 2.40. The van der Waals surface area contributed by atoms with Crippen molar-refractivity contribution in [1.82, 2.24) is 4.90 Å². The first-order valence-corrected chi connectivity index (χ1v) is 11.3. The van der Waals surface area contributed by atoms with Gasteiger partial charge < -0.3 is 20.0 Å². The number of benzene rings is 2. The molecular weight excluding hydrogens is 430 g/mol. The molecule has 8 heteroatoms. The van der Waals surface area contributed by atoms with E-state index in [-0.39, 0.29) is 36.0 Å². The molecular formula is C26H27N5O3. The summed E-state index contributed by atoms with van der Waals surface area (Å²) in [6.07, 6.45) is 1.36. The average Bonchev–Trinajstić information content (AvgIpc) is 3.34. The smallest absolute Gasteiger partial charge is 0.224 e. The van der Waals surface area contributed by atoms with Gasteiger partial charge in [-0.15, -0.1) is 0 Å². The molecule has 1 saturated heterocycles. The fraction of sp³-hybridized carbons (Fsp3) is 0.308. The third kappa shape index (κ3) is 4.64. The summed E-state index contributed by atoms with van der Waals surface area (Å²) >= 11 is 0. The zero-order chi connectivity index (χ0) is 24.2. The Kier molecular flexibility index (Phi) is 6.64. The third-order valence-electron chi connectivity index (χ3n) is 6.19. The predicted molar refractivity (Wildman–Crippen MR) is 130 cm³/mol. The van der Waals surface area contributed by atoms with Gasteiger partial charge in [0.05, 0.1) is 11.4 Å². The molecule has 4 rings (SSSR count). The molecule has 2 aliphatic rings. The Balaban J connectivity index is 1.38. The minimum atomic E-state index is -0.375. The molecule has 0 bridgehead atoms. The van der Waals surface area contributed by atoms with Gasteiger partial charge in [0.25, 0.3) is 0 Å². The zero-order valence-corrected chi connectivity index (χ0v) is 19.4. The van der Waals surface area contributed by atoms with E-state index >= 15 is 0 Å². The average molecular weight is 458 g/mol. The summed E-state index contributed by atoms with van der Waals surface area (Å²) in [4.78, 5) is 42.7. The molecule has 2 heterocycles. The fourth-order valence-corrected chi connectivity index (χ4v) is 4.47. The number of allylic oxidation sites excluding steroid dienone is 1. The second-order valence-electron chi connectivity index (χ2n) is 8.51.